The fourth-order valence-electron chi connectivity index (χ4n) is 2.60. The lowest BCUT2D eigenvalue weighted by molar-refractivity contribution is -0.151. The average Bonchev–Trinajstić information content (AvgIpc) is 2.43. The summed E-state index contributed by atoms with van der Waals surface area (Å²) in [7, 11) is 0. The van der Waals surface area contributed by atoms with Crippen molar-refractivity contribution in [2.75, 3.05) is 0 Å². The van der Waals surface area contributed by atoms with Crippen LogP contribution in [0.2, 0.25) is 0 Å². The normalized spacial score (nSPS) is 44.8. The van der Waals surface area contributed by atoms with Gasteiger partial charge >= 0.3 is 5.97 Å². The molecule has 0 aromatic carbocycles. The third-order valence-corrected chi connectivity index (χ3v) is 3.04. The van der Waals surface area contributed by atoms with Crippen LogP contribution < -0.4 is 0 Å². The number of fused-ring (bicyclic) bond motifs is 2. The van der Waals surface area contributed by atoms with Gasteiger partial charge in [-0.05, 0) is 25.2 Å². The average molecular weight is 170 g/mol. The van der Waals surface area contributed by atoms with Crippen molar-refractivity contribution >= 4 is 5.97 Å². The maximum atomic E-state index is 10.7. The van der Waals surface area contributed by atoms with Gasteiger partial charge in [0.1, 0.15) is 6.10 Å². The first-order chi connectivity index (χ1) is 5.66. The number of carbonyl (C=O) groups is 1. The fraction of sp³-hybridized carbons (Fsp3) is 0.889. The molecule has 2 aliphatic rings. The maximum absolute atomic E-state index is 10.7. The van der Waals surface area contributed by atoms with Crippen LogP contribution >= 0.6 is 0 Å². The Hall–Kier alpha value is -0.570. The molecule has 0 heterocycles. The molecule has 2 fully saturated rings. The van der Waals surface area contributed by atoms with Gasteiger partial charge in [-0.15, -0.1) is 0 Å². The standard InChI is InChI=1S/C9H14O3/c1-5(10)12-9-4-6-2-7(9)8(11)3-6/h6-9,11H,2-4H2,1H3/t6-,7+,8+,9-/m1/s1. The molecule has 2 rings (SSSR count). The van der Waals surface area contributed by atoms with Crippen LogP contribution in [-0.2, 0) is 9.53 Å². The topological polar surface area (TPSA) is 46.5 Å². The largest absolute Gasteiger partial charge is 0.462 e. The second kappa shape index (κ2) is 2.73. The van der Waals surface area contributed by atoms with E-state index in [0.29, 0.717) is 5.92 Å². The summed E-state index contributed by atoms with van der Waals surface area (Å²) in [6.45, 7) is 1.43. The highest BCUT2D eigenvalue weighted by atomic mass is 16.5. The molecular formula is C9H14O3. The monoisotopic (exact) mass is 170 g/mol. The Labute approximate surface area is 71.7 Å². The van der Waals surface area contributed by atoms with Gasteiger partial charge in [0.2, 0.25) is 0 Å². The first-order valence-corrected chi connectivity index (χ1v) is 4.52. The van der Waals surface area contributed by atoms with Gasteiger partial charge in [-0.2, -0.15) is 0 Å². The summed E-state index contributed by atoms with van der Waals surface area (Å²) in [5, 5.41) is 9.51. The van der Waals surface area contributed by atoms with Crippen LogP contribution in [0.5, 0.6) is 0 Å². The van der Waals surface area contributed by atoms with E-state index < -0.39 is 0 Å². The van der Waals surface area contributed by atoms with Gasteiger partial charge in [-0.25, -0.2) is 0 Å². The van der Waals surface area contributed by atoms with Crippen LogP contribution in [-0.4, -0.2) is 23.3 Å². The molecule has 3 heteroatoms. The van der Waals surface area contributed by atoms with Gasteiger partial charge in [-0.1, -0.05) is 0 Å². The predicted octanol–water partition coefficient (Wildman–Crippen LogP) is 0.709. The molecule has 2 aliphatic carbocycles. The summed E-state index contributed by atoms with van der Waals surface area (Å²) in [4.78, 5) is 10.7. The summed E-state index contributed by atoms with van der Waals surface area (Å²) in [5.74, 6) is 0.591. The number of ether oxygens (including phenoxy) is 1. The molecule has 0 spiro atoms. The van der Waals surface area contributed by atoms with Crippen LogP contribution in [0.1, 0.15) is 26.2 Å². The van der Waals surface area contributed by atoms with Crippen molar-refractivity contribution in [2.24, 2.45) is 11.8 Å². The third-order valence-electron chi connectivity index (χ3n) is 3.04. The number of hydrogen-bond acceptors (Lipinski definition) is 3. The number of rotatable bonds is 1. The lowest BCUT2D eigenvalue weighted by Crippen LogP contribution is -2.31. The summed E-state index contributed by atoms with van der Waals surface area (Å²) < 4.78 is 5.12. The van der Waals surface area contributed by atoms with Gasteiger partial charge in [0, 0.05) is 12.8 Å². The number of aliphatic hydroxyl groups is 1. The van der Waals surface area contributed by atoms with Gasteiger partial charge in [-0.3, -0.25) is 4.79 Å². The first-order valence-electron chi connectivity index (χ1n) is 4.52. The minimum Gasteiger partial charge on any atom is -0.462 e. The highest BCUT2D eigenvalue weighted by Crippen LogP contribution is 2.45. The third kappa shape index (κ3) is 1.22. The highest BCUT2D eigenvalue weighted by molar-refractivity contribution is 5.66. The molecule has 1 N–H and O–H groups in total. The van der Waals surface area contributed by atoms with Gasteiger partial charge in [0.05, 0.1) is 6.10 Å². The molecule has 4 atom stereocenters. The smallest absolute Gasteiger partial charge is 0.302 e. The van der Waals surface area contributed by atoms with Gasteiger partial charge in [0.25, 0.3) is 0 Å². The number of esters is 1. The van der Waals surface area contributed by atoms with E-state index in [0.717, 1.165) is 19.3 Å². The molecule has 0 aromatic rings. The van der Waals surface area contributed by atoms with E-state index in [1.165, 1.54) is 6.92 Å². The minimum absolute atomic E-state index is 0.00347. The summed E-state index contributed by atoms with van der Waals surface area (Å²) >= 11 is 0. The Balaban J connectivity index is 1.98. The van der Waals surface area contributed by atoms with Crippen molar-refractivity contribution in [1.29, 1.82) is 0 Å². The zero-order chi connectivity index (χ0) is 8.72. The molecule has 0 amide bonds. The second-order valence-electron chi connectivity index (χ2n) is 3.95. The molecular weight excluding hydrogens is 156 g/mol. The molecule has 12 heavy (non-hydrogen) atoms. The maximum Gasteiger partial charge on any atom is 0.302 e. The highest BCUT2D eigenvalue weighted by Gasteiger charge is 2.47. The fourth-order valence-corrected chi connectivity index (χ4v) is 2.60. The second-order valence-corrected chi connectivity index (χ2v) is 3.95. The molecule has 0 unspecified atom stereocenters. The van der Waals surface area contributed by atoms with Crippen molar-refractivity contribution < 1.29 is 14.6 Å². The van der Waals surface area contributed by atoms with Crippen molar-refractivity contribution in [2.45, 2.75) is 38.4 Å². The molecule has 0 radical (unpaired) electrons. The molecule has 0 saturated heterocycles. The lowest BCUT2D eigenvalue weighted by Gasteiger charge is -2.25. The predicted molar refractivity (Wildman–Crippen MR) is 42.4 cm³/mol. The van der Waals surface area contributed by atoms with Crippen LogP contribution in [0.3, 0.4) is 0 Å². The zero-order valence-electron chi connectivity index (χ0n) is 7.19. The molecule has 2 bridgehead atoms. The summed E-state index contributed by atoms with van der Waals surface area (Å²) in [6.07, 6.45) is 2.67. The quantitative estimate of drug-likeness (QED) is 0.589. The Kier molecular flexibility index (Phi) is 1.83. The Morgan fingerprint density at radius 2 is 2.17 bits per heavy atom. The first kappa shape index (κ1) is 8.05. The van der Waals surface area contributed by atoms with Gasteiger partial charge in [0.15, 0.2) is 0 Å². The van der Waals surface area contributed by atoms with E-state index in [1.807, 2.05) is 0 Å². The van der Waals surface area contributed by atoms with Crippen LogP contribution in [0, 0.1) is 11.8 Å². The van der Waals surface area contributed by atoms with Crippen LogP contribution in [0.4, 0.5) is 0 Å². The zero-order valence-corrected chi connectivity index (χ0v) is 7.19. The lowest BCUT2D eigenvalue weighted by atomic mass is 9.95. The van der Waals surface area contributed by atoms with Crippen molar-refractivity contribution in [1.82, 2.24) is 0 Å². The van der Waals surface area contributed by atoms with E-state index in [-0.39, 0.29) is 24.1 Å². The van der Waals surface area contributed by atoms with Crippen LogP contribution in [0.25, 0.3) is 0 Å². The number of hydrogen-bond donors (Lipinski definition) is 1. The molecule has 0 aromatic heterocycles. The van der Waals surface area contributed by atoms with Crippen molar-refractivity contribution in [3.63, 3.8) is 0 Å². The Morgan fingerprint density at radius 3 is 2.67 bits per heavy atom. The number of aliphatic hydroxyl groups excluding tert-OH is 1. The van der Waals surface area contributed by atoms with E-state index in [2.05, 4.69) is 0 Å². The molecule has 2 saturated carbocycles. The van der Waals surface area contributed by atoms with E-state index in [1.54, 1.807) is 0 Å². The van der Waals surface area contributed by atoms with Crippen molar-refractivity contribution in [3.8, 4) is 0 Å². The Bertz CT molecular complexity index is 202. The number of carbonyl (C=O) groups excluding carboxylic acids is 1. The van der Waals surface area contributed by atoms with Crippen LogP contribution in [0.15, 0.2) is 0 Å². The molecule has 0 aliphatic heterocycles. The summed E-state index contributed by atoms with van der Waals surface area (Å²) in [5.41, 5.74) is 0. The van der Waals surface area contributed by atoms with Crippen molar-refractivity contribution in [3.05, 3.63) is 0 Å². The molecule has 68 valence electrons. The molecule has 3 nitrogen and oxygen atoms in total. The SMILES string of the molecule is CC(=O)O[C@@H]1C[C@@H]2C[C@H]1[C@@H](O)C2. The minimum atomic E-state index is -0.229. The van der Waals surface area contributed by atoms with E-state index >= 15 is 0 Å². The van der Waals surface area contributed by atoms with E-state index in [4.69, 9.17) is 4.74 Å². The Morgan fingerprint density at radius 1 is 1.42 bits per heavy atom. The van der Waals surface area contributed by atoms with Gasteiger partial charge < -0.3 is 9.84 Å². The summed E-state index contributed by atoms with van der Waals surface area (Å²) in [6, 6.07) is 0. The van der Waals surface area contributed by atoms with E-state index in [9.17, 15) is 9.90 Å².